The van der Waals surface area contributed by atoms with Gasteiger partial charge in [0.05, 0.1) is 28.6 Å². The van der Waals surface area contributed by atoms with Crippen LogP contribution in [0.1, 0.15) is 17.8 Å². The first kappa shape index (κ1) is 17.1. The lowest BCUT2D eigenvalue weighted by molar-refractivity contribution is 0.561. The van der Waals surface area contributed by atoms with Crippen molar-refractivity contribution in [2.45, 2.75) is 31.2 Å². The smallest absolute Gasteiger partial charge is 0.236 e. The minimum absolute atomic E-state index is 0.0153. The van der Waals surface area contributed by atoms with Crippen LogP contribution < -0.4 is 4.72 Å². The average Bonchev–Trinajstić information content (AvgIpc) is 2.98. The van der Waals surface area contributed by atoms with Crippen molar-refractivity contribution in [1.82, 2.24) is 14.5 Å². The number of nitrogens with one attached hydrogen (secondary N) is 1. The Labute approximate surface area is 141 Å². The standard InChI is InChI=1S/C15H19N3O4S2/c1-11-15(12(2)18(16-11)14-6-4-3-5-7-14)24(21,22)17-13-8-9-23(19,20)10-13/h3-7,13,17H,8-10H2,1-2H3/t13-/m0/s1. The number of sulfonamides is 1. The Bertz CT molecular complexity index is 964. The van der Waals surface area contributed by atoms with Crippen molar-refractivity contribution in [3.05, 3.63) is 41.7 Å². The summed E-state index contributed by atoms with van der Waals surface area (Å²) in [6.45, 7) is 3.32. The Morgan fingerprint density at radius 1 is 1.21 bits per heavy atom. The lowest BCUT2D eigenvalue weighted by atomic mass is 10.3. The minimum Gasteiger partial charge on any atom is -0.236 e. The van der Waals surface area contributed by atoms with E-state index in [4.69, 9.17) is 0 Å². The van der Waals surface area contributed by atoms with Crippen LogP contribution in [0.25, 0.3) is 5.69 Å². The van der Waals surface area contributed by atoms with Crippen LogP contribution in [-0.4, -0.2) is 44.2 Å². The Morgan fingerprint density at radius 2 is 1.88 bits per heavy atom. The van der Waals surface area contributed by atoms with Crippen LogP contribution in [0.5, 0.6) is 0 Å². The Morgan fingerprint density at radius 3 is 2.46 bits per heavy atom. The van der Waals surface area contributed by atoms with Crippen molar-refractivity contribution >= 4 is 19.9 Å². The van der Waals surface area contributed by atoms with Gasteiger partial charge in [0.15, 0.2) is 9.84 Å². The Kier molecular flexibility index (Phi) is 4.27. The molecule has 0 unspecified atom stereocenters. The monoisotopic (exact) mass is 369 g/mol. The van der Waals surface area contributed by atoms with Gasteiger partial charge in [-0.05, 0) is 32.4 Å². The fourth-order valence-electron chi connectivity index (χ4n) is 3.00. The van der Waals surface area contributed by atoms with E-state index in [2.05, 4.69) is 9.82 Å². The van der Waals surface area contributed by atoms with E-state index in [-0.39, 0.29) is 16.4 Å². The van der Waals surface area contributed by atoms with E-state index in [1.807, 2.05) is 30.3 Å². The molecule has 9 heteroatoms. The molecule has 0 radical (unpaired) electrons. The maximum Gasteiger partial charge on any atom is 0.244 e. The molecule has 1 N–H and O–H groups in total. The van der Waals surface area contributed by atoms with E-state index in [9.17, 15) is 16.8 Å². The molecular weight excluding hydrogens is 350 g/mol. The fourth-order valence-corrected chi connectivity index (χ4v) is 6.45. The molecule has 1 aromatic carbocycles. The summed E-state index contributed by atoms with van der Waals surface area (Å²) in [6.07, 6.45) is 0.298. The molecule has 0 amide bonds. The van der Waals surface area contributed by atoms with E-state index < -0.39 is 25.9 Å². The topological polar surface area (TPSA) is 98.1 Å². The predicted molar refractivity (Wildman–Crippen MR) is 90.4 cm³/mol. The number of nitrogens with zero attached hydrogens (tertiary/aromatic N) is 2. The van der Waals surface area contributed by atoms with Crippen LogP contribution in [-0.2, 0) is 19.9 Å². The first-order valence-corrected chi connectivity index (χ1v) is 10.8. The number of rotatable bonds is 4. The largest absolute Gasteiger partial charge is 0.244 e. The van der Waals surface area contributed by atoms with Crippen LogP contribution in [0.4, 0.5) is 0 Å². The van der Waals surface area contributed by atoms with Gasteiger partial charge in [-0.2, -0.15) is 5.10 Å². The summed E-state index contributed by atoms with van der Waals surface area (Å²) in [5.74, 6) is -0.140. The van der Waals surface area contributed by atoms with Gasteiger partial charge in [0.1, 0.15) is 4.90 Å². The Balaban J connectivity index is 1.96. The van der Waals surface area contributed by atoms with E-state index >= 15 is 0 Å². The highest BCUT2D eigenvalue weighted by molar-refractivity contribution is 7.92. The van der Waals surface area contributed by atoms with Crippen LogP contribution in [0, 0.1) is 13.8 Å². The summed E-state index contributed by atoms with van der Waals surface area (Å²) < 4.78 is 52.6. The fraction of sp³-hybridized carbons (Fsp3) is 0.400. The number of aryl methyl sites for hydroxylation is 1. The third kappa shape index (κ3) is 3.24. The second-order valence-corrected chi connectivity index (χ2v) is 9.85. The zero-order valence-corrected chi connectivity index (χ0v) is 15.1. The second kappa shape index (κ2) is 5.98. The number of sulfone groups is 1. The highest BCUT2D eigenvalue weighted by Crippen LogP contribution is 2.24. The van der Waals surface area contributed by atoms with Gasteiger partial charge in [0.2, 0.25) is 10.0 Å². The third-order valence-corrected chi connectivity index (χ3v) is 7.59. The number of hydrogen-bond acceptors (Lipinski definition) is 5. The first-order valence-electron chi connectivity index (χ1n) is 7.54. The quantitative estimate of drug-likeness (QED) is 0.865. The molecule has 1 aliphatic heterocycles. The number of hydrogen-bond donors (Lipinski definition) is 1. The summed E-state index contributed by atoms with van der Waals surface area (Å²) in [4.78, 5) is 0.107. The minimum atomic E-state index is -3.84. The van der Waals surface area contributed by atoms with Gasteiger partial charge in [-0.3, -0.25) is 0 Å². The molecule has 0 aliphatic carbocycles. The van der Waals surface area contributed by atoms with Crippen molar-refractivity contribution in [3.8, 4) is 5.69 Å². The molecule has 2 aromatic rings. The number of para-hydroxylation sites is 1. The molecule has 24 heavy (non-hydrogen) atoms. The summed E-state index contributed by atoms with van der Waals surface area (Å²) >= 11 is 0. The van der Waals surface area contributed by atoms with Crippen LogP contribution >= 0.6 is 0 Å². The second-order valence-electron chi connectivity index (χ2n) is 5.97. The van der Waals surface area contributed by atoms with Gasteiger partial charge in [-0.25, -0.2) is 26.2 Å². The molecule has 1 aliphatic rings. The predicted octanol–water partition coefficient (Wildman–Crippen LogP) is 0.955. The van der Waals surface area contributed by atoms with Gasteiger partial charge in [0.25, 0.3) is 0 Å². The van der Waals surface area contributed by atoms with Gasteiger partial charge in [0, 0.05) is 6.04 Å². The Hall–Kier alpha value is -1.71. The summed E-state index contributed by atoms with van der Waals surface area (Å²) in [7, 11) is -7.00. The third-order valence-electron chi connectivity index (χ3n) is 4.05. The van der Waals surface area contributed by atoms with E-state index in [0.29, 0.717) is 17.8 Å². The van der Waals surface area contributed by atoms with E-state index in [1.54, 1.807) is 18.5 Å². The zero-order valence-electron chi connectivity index (χ0n) is 13.4. The molecule has 130 valence electrons. The molecule has 1 atom stereocenters. The van der Waals surface area contributed by atoms with Crippen molar-refractivity contribution in [1.29, 1.82) is 0 Å². The van der Waals surface area contributed by atoms with Crippen molar-refractivity contribution in [3.63, 3.8) is 0 Å². The summed E-state index contributed by atoms with van der Waals surface area (Å²) in [5, 5.41) is 4.33. The van der Waals surface area contributed by atoms with Gasteiger partial charge in [-0.15, -0.1) is 0 Å². The lowest BCUT2D eigenvalue weighted by Gasteiger charge is -2.12. The zero-order chi connectivity index (χ0) is 17.5. The maximum atomic E-state index is 12.7. The van der Waals surface area contributed by atoms with Gasteiger partial charge < -0.3 is 0 Å². The molecular formula is C15H19N3O4S2. The van der Waals surface area contributed by atoms with Crippen molar-refractivity contribution in [2.24, 2.45) is 0 Å². The van der Waals surface area contributed by atoms with Gasteiger partial charge in [-0.1, -0.05) is 18.2 Å². The highest BCUT2D eigenvalue weighted by Gasteiger charge is 2.33. The molecule has 2 heterocycles. The highest BCUT2D eigenvalue weighted by atomic mass is 32.2. The summed E-state index contributed by atoms with van der Waals surface area (Å²) in [5.41, 5.74) is 1.64. The molecule has 1 saturated heterocycles. The van der Waals surface area contributed by atoms with E-state index in [1.165, 1.54) is 0 Å². The summed E-state index contributed by atoms with van der Waals surface area (Å²) in [6, 6.07) is 8.66. The molecule has 3 rings (SSSR count). The van der Waals surface area contributed by atoms with Crippen molar-refractivity contribution < 1.29 is 16.8 Å². The molecule has 7 nitrogen and oxygen atoms in total. The molecule has 0 bridgehead atoms. The van der Waals surface area contributed by atoms with Crippen LogP contribution in [0.2, 0.25) is 0 Å². The molecule has 0 spiro atoms. The van der Waals surface area contributed by atoms with E-state index in [0.717, 1.165) is 5.69 Å². The maximum absolute atomic E-state index is 12.7. The van der Waals surface area contributed by atoms with Crippen LogP contribution in [0.3, 0.4) is 0 Å². The number of aromatic nitrogens is 2. The first-order chi connectivity index (χ1) is 11.2. The van der Waals surface area contributed by atoms with Gasteiger partial charge >= 0.3 is 0 Å². The normalized spacial score (nSPS) is 20.3. The lowest BCUT2D eigenvalue weighted by Crippen LogP contribution is -2.36. The SMILES string of the molecule is Cc1nn(-c2ccccc2)c(C)c1S(=O)(=O)N[C@H]1CCS(=O)(=O)C1. The van der Waals surface area contributed by atoms with Crippen LogP contribution in [0.15, 0.2) is 35.2 Å². The average molecular weight is 369 g/mol. The molecule has 0 saturated carbocycles. The molecule has 1 fully saturated rings. The molecule has 1 aromatic heterocycles. The number of benzene rings is 1. The van der Waals surface area contributed by atoms with Crippen molar-refractivity contribution in [2.75, 3.05) is 11.5 Å².